The monoisotopic (exact) mass is 840 g/mol. The molecule has 0 radical (unpaired) electrons. The van der Waals surface area contributed by atoms with Crippen LogP contribution in [-0.4, -0.2) is 93.5 Å². The maximum Gasteiger partial charge on any atom is 0.407 e. The summed E-state index contributed by atoms with van der Waals surface area (Å²) in [5.41, 5.74) is 6.36. The number of imidazole rings is 2. The molecule has 2 aromatic heterocycles. The maximum absolute atomic E-state index is 14.4. The van der Waals surface area contributed by atoms with Crippen LogP contribution in [0.15, 0.2) is 104 Å². The van der Waals surface area contributed by atoms with Gasteiger partial charge in [-0.2, -0.15) is 0 Å². The highest BCUT2D eigenvalue weighted by Gasteiger charge is 2.38. The van der Waals surface area contributed by atoms with Crippen LogP contribution in [0.4, 0.5) is 4.79 Å². The van der Waals surface area contributed by atoms with Crippen LogP contribution in [0.5, 0.6) is 0 Å². The van der Waals surface area contributed by atoms with Gasteiger partial charge in [0.15, 0.2) is 0 Å². The van der Waals surface area contributed by atoms with E-state index in [1.807, 2.05) is 68.4 Å². The molecule has 14 nitrogen and oxygen atoms in total. The number of methoxy groups -OCH3 is 2. The zero-order valence-electron chi connectivity index (χ0n) is 35.8. The highest BCUT2D eigenvalue weighted by atomic mass is 16.5. The fraction of sp³-hybridized carbons (Fsp3) is 0.375. The number of benzene rings is 3. The average Bonchev–Trinajstić information content (AvgIpc) is 3.60. The predicted octanol–water partition coefficient (Wildman–Crippen LogP) is 7.22. The Hall–Kier alpha value is -6.54. The molecule has 3 heterocycles. The molecule has 2 fully saturated rings. The van der Waals surface area contributed by atoms with E-state index in [4.69, 9.17) is 9.47 Å². The summed E-state index contributed by atoms with van der Waals surface area (Å²) in [6.07, 6.45) is 8.01. The number of hydrogen-bond acceptors (Lipinski definition) is 8. The molecule has 324 valence electrons. The Bertz CT molecular complexity index is 2320. The zero-order valence-corrected chi connectivity index (χ0v) is 35.8. The van der Waals surface area contributed by atoms with Gasteiger partial charge in [-0.15, -0.1) is 6.58 Å². The van der Waals surface area contributed by atoms with Crippen molar-refractivity contribution < 1.29 is 28.7 Å². The summed E-state index contributed by atoms with van der Waals surface area (Å²) < 4.78 is 10.2. The van der Waals surface area contributed by atoms with Gasteiger partial charge in [0.1, 0.15) is 23.7 Å². The first kappa shape index (κ1) is 43.5. The van der Waals surface area contributed by atoms with Crippen molar-refractivity contribution in [2.75, 3.05) is 33.9 Å². The Morgan fingerprint density at radius 3 is 2.08 bits per heavy atom. The Morgan fingerprint density at radius 2 is 1.48 bits per heavy atom. The highest BCUT2D eigenvalue weighted by molar-refractivity contribution is 5.90. The van der Waals surface area contributed by atoms with Gasteiger partial charge < -0.3 is 39.9 Å². The Kier molecular flexibility index (Phi) is 14.0. The van der Waals surface area contributed by atoms with Gasteiger partial charge in [-0.3, -0.25) is 14.4 Å². The molecule has 62 heavy (non-hydrogen) atoms. The molecule has 1 saturated carbocycles. The van der Waals surface area contributed by atoms with Gasteiger partial charge in [0.05, 0.1) is 50.1 Å². The standard InChI is InChI=1S/C48H56N8O6/c1-6-31(29-61-4)27-55(46(58)43(36-11-8-7-9-12-36)53-45(57)37-22-23-37)28-41-49-25-38(51-41)34-18-14-32(15-19-34)33-16-20-35(21-17-33)39-26-50-44(52-39)40-13-10-24-56(40)47(59)42(30(2)3)54-48(60)62-5/h6-9,11-12,14-21,25-26,30-31,37,40,42-43H,1,10,13,22-24,27-29H2,2-5H3,(H,49,51)(H,50,52)(H,53,57)(H,54,60). The third-order valence-corrected chi connectivity index (χ3v) is 11.6. The van der Waals surface area contributed by atoms with Crippen molar-refractivity contribution in [3.8, 4) is 33.6 Å². The predicted molar refractivity (Wildman–Crippen MR) is 236 cm³/mol. The maximum atomic E-state index is 14.4. The van der Waals surface area contributed by atoms with Crippen LogP contribution in [0, 0.1) is 17.8 Å². The molecule has 2 aliphatic rings. The molecular weight excluding hydrogens is 785 g/mol. The minimum absolute atomic E-state index is 0.0515. The van der Waals surface area contributed by atoms with E-state index in [0.717, 1.165) is 64.9 Å². The van der Waals surface area contributed by atoms with E-state index in [9.17, 15) is 19.2 Å². The molecule has 4 amide bonds. The number of H-pyrrole nitrogens is 2. The summed E-state index contributed by atoms with van der Waals surface area (Å²) in [7, 11) is 2.91. The number of nitrogens with zero attached hydrogens (tertiary/aromatic N) is 4. The van der Waals surface area contributed by atoms with E-state index in [1.54, 1.807) is 35.4 Å². The molecule has 1 saturated heterocycles. The highest BCUT2D eigenvalue weighted by Crippen LogP contribution is 2.34. The van der Waals surface area contributed by atoms with Gasteiger partial charge in [-0.1, -0.05) is 98.8 Å². The normalized spacial score (nSPS) is 16.3. The second-order valence-electron chi connectivity index (χ2n) is 16.4. The number of alkyl carbamates (subject to hydrolysis) is 1. The van der Waals surface area contributed by atoms with Crippen molar-refractivity contribution in [2.24, 2.45) is 17.8 Å². The fourth-order valence-electron chi connectivity index (χ4n) is 7.95. The molecular formula is C48H56N8O6. The van der Waals surface area contributed by atoms with Crippen LogP contribution in [-0.2, 0) is 30.4 Å². The first-order chi connectivity index (χ1) is 30.1. The number of rotatable bonds is 18. The molecule has 4 unspecified atom stereocenters. The zero-order chi connectivity index (χ0) is 43.8. The van der Waals surface area contributed by atoms with Crippen molar-refractivity contribution in [3.05, 3.63) is 121 Å². The minimum Gasteiger partial charge on any atom is -0.453 e. The lowest BCUT2D eigenvalue weighted by atomic mass is 10.0. The molecule has 0 bridgehead atoms. The van der Waals surface area contributed by atoms with Gasteiger partial charge in [-0.25, -0.2) is 14.8 Å². The number of nitrogens with one attached hydrogen (secondary N) is 4. The van der Waals surface area contributed by atoms with E-state index < -0.39 is 18.2 Å². The molecule has 5 aromatic rings. The van der Waals surface area contributed by atoms with Crippen LogP contribution < -0.4 is 10.6 Å². The minimum atomic E-state index is -0.840. The van der Waals surface area contributed by atoms with Crippen molar-refractivity contribution >= 4 is 23.8 Å². The second-order valence-corrected chi connectivity index (χ2v) is 16.4. The first-order valence-corrected chi connectivity index (χ1v) is 21.3. The number of ether oxygens (including phenoxy) is 2. The van der Waals surface area contributed by atoms with Crippen LogP contribution in [0.3, 0.4) is 0 Å². The molecule has 1 aliphatic heterocycles. The molecule has 4 atom stereocenters. The Labute approximate surface area is 362 Å². The van der Waals surface area contributed by atoms with Gasteiger partial charge >= 0.3 is 6.09 Å². The fourth-order valence-corrected chi connectivity index (χ4v) is 7.95. The number of amides is 4. The Morgan fingerprint density at radius 1 is 0.855 bits per heavy atom. The molecule has 0 spiro atoms. The molecule has 7 rings (SSSR count). The smallest absolute Gasteiger partial charge is 0.407 e. The summed E-state index contributed by atoms with van der Waals surface area (Å²) in [5, 5.41) is 5.72. The topological polar surface area (TPSA) is 175 Å². The van der Waals surface area contributed by atoms with E-state index in [1.165, 1.54) is 7.11 Å². The van der Waals surface area contributed by atoms with Crippen LogP contribution in [0.1, 0.15) is 68.8 Å². The van der Waals surface area contributed by atoms with E-state index >= 15 is 0 Å². The summed E-state index contributed by atoms with van der Waals surface area (Å²) in [6.45, 7) is 9.28. The van der Waals surface area contributed by atoms with Gasteiger partial charge in [0, 0.05) is 32.0 Å². The van der Waals surface area contributed by atoms with Gasteiger partial charge in [-0.05, 0) is 59.4 Å². The summed E-state index contributed by atoms with van der Waals surface area (Å²) >= 11 is 0. The molecule has 1 aliphatic carbocycles. The van der Waals surface area contributed by atoms with Crippen molar-refractivity contribution in [1.29, 1.82) is 0 Å². The molecule has 14 heteroatoms. The van der Waals surface area contributed by atoms with Gasteiger partial charge in [0.25, 0.3) is 0 Å². The second kappa shape index (κ2) is 19.9. The average molecular weight is 841 g/mol. The lowest BCUT2D eigenvalue weighted by Gasteiger charge is -2.30. The van der Waals surface area contributed by atoms with Crippen molar-refractivity contribution in [3.63, 3.8) is 0 Å². The molecule has 4 N–H and O–H groups in total. The third kappa shape index (κ3) is 10.3. The van der Waals surface area contributed by atoms with Gasteiger partial charge in [0.2, 0.25) is 17.7 Å². The van der Waals surface area contributed by atoms with Crippen molar-refractivity contribution in [1.82, 2.24) is 40.4 Å². The quantitative estimate of drug-likeness (QED) is 0.0669. The van der Waals surface area contributed by atoms with E-state index in [-0.39, 0.29) is 48.1 Å². The first-order valence-electron chi connectivity index (χ1n) is 21.3. The SMILES string of the molecule is C=CC(COC)CN(Cc1ncc(-c2ccc(-c3ccc(-c4cnc(C5CCCN5C(=O)C(NC(=O)OC)C(C)C)[nH]4)cc3)cc2)[nH]1)C(=O)C(NC(=O)C1CC1)c1ccccc1. The summed E-state index contributed by atoms with van der Waals surface area (Å²) in [6, 6.07) is 24.0. The lowest BCUT2D eigenvalue weighted by molar-refractivity contribution is -0.138. The van der Waals surface area contributed by atoms with Crippen LogP contribution in [0.25, 0.3) is 33.6 Å². The number of carbonyl (C=O) groups excluding carboxylic acids is 4. The number of carbonyl (C=O) groups is 4. The van der Waals surface area contributed by atoms with E-state index in [0.29, 0.717) is 31.3 Å². The summed E-state index contributed by atoms with van der Waals surface area (Å²) in [4.78, 5) is 72.6. The number of hydrogen-bond donors (Lipinski definition) is 4. The number of aromatic amines is 2. The Balaban J connectivity index is 1.02. The largest absolute Gasteiger partial charge is 0.453 e. The van der Waals surface area contributed by atoms with Crippen LogP contribution >= 0.6 is 0 Å². The van der Waals surface area contributed by atoms with Crippen molar-refractivity contribution in [2.45, 2.75) is 64.2 Å². The third-order valence-electron chi connectivity index (χ3n) is 11.6. The van der Waals surface area contributed by atoms with E-state index in [2.05, 4.69) is 61.4 Å². The molecule has 3 aromatic carbocycles. The number of aromatic nitrogens is 4. The number of likely N-dealkylation sites (tertiary alicyclic amines) is 1. The van der Waals surface area contributed by atoms with Crippen LogP contribution in [0.2, 0.25) is 0 Å². The lowest BCUT2D eigenvalue weighted by Crippen LogP contribution is -2.51. The summed E-state index contributed by atoms with van der Waals surface area (Å²) in [5.74, 6) is 0.552.